The van der Waals surface area contributed by atoms with E-state index in [0.29, 0.717) is 10.2 Å². The van der Waals surface area contributed by atoms with Crippen LogP contribution in [0.25, 0.3) is 0 Å². The molecule has 17 heavy (non-hydrogen) atoms. The minimum atomic E-state index is -0.302. The van der Waals surface area contributed by atoms with E-state index in [1.807, 2.05) is 0 Å². The quantitative estimate of drug-likeness (QED) is 0.931. The van der Waals surface area contributed by atoms with Crippen molar-refractivity contribution in [3.05, 3.63) is 58.3 Å². The molecule has 0 atom stereocenters. The van der Waals surface area contributed by atoms with Crippen LogP contribution in [-0.2, 0) is 6.61 Å². The molecular weight excluding hydrogens is 287 g/mol. The number of benzene rings is 2. The van der Waals surface area contributed by atoms with E-state index < -0.39 is 0 Å². The zero-order valence-corrected chi connectivity index (χ0v) is 10.4. The Morgan fingerprint density at radius 2 is 1.82 bits per heavy atom. The maximum absolute atomic E-state index is 13.1. The van der Waals surface area contributed by atoms with Crippen LogP contribution in [0, 0.1) is 5.82 Å². The van der Waals surface area contributed by atoms with E-state index in [2.05, 4.69) is 15.9 Å². The van der Waals surface area contributed by atoms with Gasteiger partial charge >= 0.3 is 0 Å². The molecule has 0 aromatic heterocycles. The van der Waals surface area contributed by atoms with E-state index in [-0.39, 0.29) is 18.2 Å². The van der Waals surface area contributed by atoms with Crippen LogP contribution in [0.2, 0.25) is 0 Å². The highest BCUT2D eigenvalue weighted by molar-refractivity contribution is 9.10. The molecule has 0 heterocycles. The molecule has 0 spiro atoms. The highest BCUT2D eigenvalue weighted by atomic mass is 79.9. The zero-order chi connectivity index (χ0) is 12.3. The maximum Gasteiger partial charge on any atom is 0.124 e. The summed E-state index contributed by atoms with van der Waals surface area (Å²) in [7, 11) is 0. The summed E-state index contributed by atoms with van der Waals surface area (Å²) in [4.78, 5) is 0. The fraction of sp³-hybridized carbons (Fsp3) is 0.0769. The average Bonchev–Trinajstić information content (AvgIpc) is 2.27. The summed E-state index contributed by atoms with van der Waals surface area (Å²) in [5.74, 6) is 0.512. The van der Waals surface area contributed by atoms with Crippen LogP contribution in [-0.4, -0.2) is 5.11 Å². The summed E-state index contributed by atoms with van der Waals surface area (Å²) < 4.78 is 19.2. The molecule has 2 aromatic rings. The summed E-state index contributed by atoms with van der Waals surface area (Å²) in [6.07, 6.45) is 0. The molecule has 0 aliphatic carbocycles. The van der Waals surface area contributed by atoms with E-state index in [4.69, 9.17) is 9.84 Å². The Kier molecular flexibility index (Phi) is 3.64. The molecule has 2 rings (SSSR count). The van der Waals surface area contributed by atoms with Gasteiger partial charge in [0.2, 0.25) is 0 Å². The van der Waals surface area contributed by atoms with Crippen LogP contribution >= 0.6 is 15.9 Å². The third-order valence-electron chi connectivity index (χ3n) is 2.16. The zero-order valence-electron chi connectivity index (χ0n) is 8.86. The van der Waals surface area contributed by atoms with E-state index in [1.165, 1.54) is 24.3 Å². The second kappa shape index (κ2) is 5.19. The second-order valence-corrected chi connectivity index (χ2v) is 4.48. The van der Waals surface area contributed by atoms with Gasteiger partial charge in [0.1, 0.15) is 23.9 Å². The first-order valence-electron chi connectivity index (χ1n) is 5.00. The van der Waals surface area contributed by atoms with Crippen molar-refractivity contribution in [2.75, 3.05) is 0 Å². The largest absolute Gasteiger partial charge is 0.508 e. The number of aromatic hydroxyl groups is 1. The third kappa shape index (κ3) is 3.46. The van der Waals surface area contributed by atoms with Crippen molar-refractivity contribution in [2.24, 2.45) is 0 Å². The molecule has 0 aliphatic heterocycles. The minimum Gasteiger partial charge on any atom is -0.508 e. The number of hydrogen-bond acceptors (Lipinski definition) is 2. The summed E-state index contributed by atoms with van der Waals surface area (Å²) in [5.41, 5.74) is 0.741. The molecule has 0 saturated carbocycles. The van der Waals surface area contributed by atoms with Gasteiger partial charge in [-0.25, -0.2) is 4.39 Å². The van der Waals surface area contributed by atoms with Crippen LogP contribution in [0.1, 0.15) is 5.56 Å². The summed E-state index contributed by atoms with van der Waals surface area (Å²) >= 11 is 3.22. The summed E-state index contributed by atoms with van der Waals surface area (Å²) in [6.45, 7) is 0.279. The Morgan fingerprint density at radius 1 is 1.12 bits per heavy atom. The normalized spacial score (nSPS) is 10.2. The lowest BCUT2D eigenvalue weighted by Crippen LogP contribution is -1.96. The molecule has 0 bridgehead atoms. The lowest BCUT2D eigenvalue weighted by molar-refractivity contribution is 0.305. The lowest BCUT2D eigenvalue weighted by Gasteiger charge is -2.07. The molecule has 0 fully saturated rings. The second-order valence-electron chi connectivity index (χ2n) is 3.56. The van der Waals surface area contributed by atoms with Crippen molar-refractivity contribution in [3.63, 3.8) is 0 Å². The van der Waals surface area contributed by atoms with Gasteiger partial charge in [-0.1, -0.05) is 15.9 Å². The van der Waals surface area contributed by atoms with Crippen LogP contribution in [0.4, 0.5) is 4.39 Å². The predicted octanol–water partition coefficient (Wildman–Crippen LogP) is 3.87. The molecule has 88 valence electrons. The molecular formula is C13H10BrFO2. The van der Waals surface area contributed by atoms with E-state index >= 15 is 0 Å². The molecule has 0 amide bonds. The Labute approximate surface area is 107 Å². The number of ether oxygens (including phenoxy) is 1. The molecule has 2 aromatic carbocycles. The number of hydrogen-bond donors (Lipinski definition) is 1. The highest BCUT2D eigenvalue weighted by Crippen LogP contribution is 2.19. The first-order chi connectivity index (χ1) is 8.13. The van der Waals surface area contributed by atoms with Crippen LogP contribution in [0.5, 0.6) is 11.5 Å². The SMILES string of the molecule is Oc1ccc(OCc2cc(F)cc(Br)c2)cc1. The van der Waals surface area contributed by atoms with Gasteiger partial charge in [0.25, 0.3) is 0 Å². The third-order valence-corrected chi connectivity index (χ3v) is 2.62. The van der Waals surface area contributed by atoms with Crippen molar-refractivity contribution >= 4 is 15.9 Å². The molecule has 0 aliphatic rings. The Balaban J connectivity index is 2.04. The minimum absolute atomic E-state index is 0.186. The van der Waals surface area contributed by atoms with Gasteiger partial charge < -0.3 is 9.84 Å². The Morgan fingerprint density at radius 3 is 2.47 bits per heavy atom. The van der Waals surface area contributed by atoms with Gasteiger partial charge in [-0.3, -0.25) is 0 Å². The smallest absolute Gasteiger partial charge is 0.124 e. The van der Waals surface area contributed by atoms with Crippen molar-refractivity contribution in [1.29, 1.82) is 0 Å². The Bertz CT molecular complexity index is 491. The summed E-state index contributed by atoms with van der Waals surface area (Å²) in [6, 6.07) is 11.0. The van der Waals surface area contributed by atoms with Crippen molar-refractivity contribution in [3.8, 4) is 11.5 Å². The fourth-order valence-corrected chi connectivity index (χ4v) is 1.92. The average molecular weight is 297 g/mol. The monoisotopic (exact) mass is 296 g/mol. The van der Waals surface area contributed by atoms with Gasteiger partial charge in [-0.15, -0.1) is 0 Å². The number of halogens is 2. The van der Waals surface area contributed by atoms with E-state index in [9.17, 15) is 4.39 Å². The molecule has 0 unspecified atom stereocenters. The molecule has 4 heteroatoms. The molecule has 0 saturated heterocycles. The van der Waals surface area contributed by atoms with Crippen molar-refractivity contribution in [1.82, 2.24) is 0 Å². The molecule has 0 radical (unpaired) electrons. The van der Waals surface area contributed by atoms with Crippen molar-refractivity contribution < 1.29 is 14.2 Å². The van der Waals surface area contributed by atoms with Crippen LogP contribution in [0.3, 0.4) is 0 Å². The van der Waals surface area contributed by atoms with Gasteiger partial charge in [-0.2, -0.15) is 0 Å². The standard InChI is InChI=1S/C13H10BrFO2/c14-10-5-9(6-11(15)7-10)8-17-13-3-1-12(16)2-4-13/h1-7,16H,8H2. The van der Waals surface area contributed by atoms with E-state index in [1.54, 1.807) is 18.2 Å². The highest BCUT2D eigenvalue weighted by Gasteiger charge is 2.00. The number of rotatable bonds is 3. The van der Waals surface area contributed by atoms with Crippen LogP contribution < -0.4 is 4.74 Å². The van der Waals surface area contributed by atoms with Gasteiger partial charge in [0, 0.05) is 4.47 Å². The predicted molar refractivity (Wildman–Crippen MR) is 66.5 cm³/mol. The van der Waals surface area contributed by atoms with Gasteiger partial charge in [0.05, 0.1) is 0 Å². The van der Waals surface area contributed by atoms with Gasteiger partial charge in [-0.05, 0) is 48.0 Å². The lowest BCUT2D eigenvalue weighted by atomic mass is 10.2. The maximum atomic E-state index is 13.1. The summed E-state index contributed by atoms with van der Waals surface area (Å²) in [5, 5.41) is 9.10. The fourth-order valence-electron chi connectivity index (χ4n) is 1.40. The number of phenols is 1. The van der Waals surface area contributed by atoms with Crippen LogP contribution in [0.15, 0.2) is 46.9 Å². The molecule has 2 nitrogen and oxygen atoms in total. The first kappa shape index (κ1) is 11.9. The Hall–Kier alpha value is -1.55. The topological polar surface area (TPSA) is 29.5 Å². The number of phenolic OH excluding ortho intramolecular Hbond substituents is 1. The first-order valence-corrected chi connectivity index (χ1v) is 5.79. The van der Waals surface area contributed by atoms with Crippen molar-refractivity contribution in [2.45, 2.75) is 6.61 Å². The molecule has 1 N–H and O–H groups in total. The van der Waals surface area contributed by atoms with E-state index in [0.717, 1.165) is 5.56 Å². The van der Waals surface area contributed by atoms with Gasteiger partial charge in [0.15, 0.2) is 0 Å².